The summed E-state index contributed by atoms with van der Waals surface area (Å²) in [5, 5.41) is 0. The summed E-state index contributed by atoms with van der Waals surface area (Å²) in [4.78, 5) is 13.9. The van der Waals surface area contributed by atoms with E-state index in [1.165, 1.54) is 11.1 Å². The number of aryl methyl sites for hydroxylation is 1. The number of aromatic nitrogens is 2. The predicted octanol–water partition coefficient (Wildman–Crippen LogP) is 6.51. The van der Waals surface area contributed by atoms with Gasteiger partial charge in [0.2, 0.25) is 0 Å². The van der Waals surface area contributed by atoms with Gasteiger partial charge in [0.1, 0.15) is 17.3 Å². The Morgan fingerprint density at radius 3 is 1.85 bits per heavy atom. The van der Waals surface area contributed by atoms with E-state index in [0.717, 1.165) is 60.5 Å². The van der Waals surface area contributed by atoms with Gasteiger partial charge in [0.05, 0.1) is 32.0 Å². The van der Waals surface area contributed by atoms with Gasteiger partial charge in [-0.25, -0.2) is 4.98 Å². The number of nitrogens with one attached hydrogen (secondary N) is 1. The number of hydrogen-bond acceptors (Lipinski definition) is 5. The molecular weight excluding hydrogens is 484 g/mol. The van der Waals surface area contributed by atoms with Gasteiger partial charge in [-0.2, -0.15) is 0 Å². The summed E-state index contributed by atoms with van der Waals surface area (Å²) in [6.07, 6.45) is 0. The number of rotatable bonds is 9. The lowest BCUT2D eigenvalue weighted by Crippen LogP contribution is -2.50. The molecule has 1 aliphatic heterocycles. The largest absolute Gasteiger partial charge is 0.497 e. The van der Waals surface area contributed by atoms with Crippen LogP contribution in [0.15, 0.2) is 78.9 Å². The van der Waals surface area contributed by atoms with Crippen LogP contribution in [0.5, 0.6) is 11.5 Å². The van der Waals surface area contributed by atoms with Crippen LogP contribution in [0.4, 0.5) is 0 Å². The van der Waals surface area contributed by atoms with Crippen molar-refractivity contribution in [2.45, 2.75) is 32.9 Å². The first-order valence-corrected chi connectivity index (χ1v) is 13.9. The molecule has 6 heteroatoms. The third-order valence-electron chi connectivity index (χ3n) is 7.81. The van der Waals surface area contributed by atoms with E-state index in [1.54, 1.807) is 14.2 Å². The summed E-state index contributed by atoms with van der Waals surface area (Å²) in [6.45, 7) is 10.6. The topological polar surface area (TPSA) is 53.6 Å². The van der Waals surface area contributed by atoms with E-state index in [-0.39, 0.29) is 12.1 Å². The highest BCUT2D eigenvalue weighted by molar-refractivity contribution is 5.55. The number of hydrogen-bond donors (Lipinski definition) is 1. The molecule has 1 fully saturated rings. The highest BCUT2D eigenvalue weighted by Gasteiger charge is 2.33. The van der Waals surface area contributed by atoms with E-state index in [2.05, 4.69) is 96.2 Å². The van der Waals surface area contributed by atoms with E-state index in [9.17, 15) is 0 Å². The van der Waals surface area contributed by atoms with Gasteiger partial charge in [-0.15, -0.1) is 0 Å². The van der Waals surface area contributed by atoms with Crippen molar-refractivity contribution in [3.8, 4) is 22.9 Å². The molecule has 1 aromatic heterocycles. The second-order valence-corrected chi connectivity index (χ2v) is 10.7. The van der Waals surface area contributed by atoms with Gasteiger partial charge in [-0.1, -0.05) is 68.4 Å². The SMILES string of the molecule is COc1cccc(C(c2cccc(OC)c2)N2CCN(C(c3nc(-c4ccccc4)[nH]c3C)C(C)C)CC2)c1. The van der Waals surface area contributed by atoms with Crippen LogP contribution < -0.4 is 9.47 Å². The van der Waals surface area contributed by atoms with Gasteiger partial charge in [0.25, 0.3) is 0 Å². The van der Waals surface area contributed by atoms with Crippen molar-refractivity contribution in [3.05, 3.63) is 101 Å². The van der Waals surface area contributed by atoms with E-state index >= 15 is 0 Å². The Morgan fingerprint density at radius 1 is 0.744 bits per heavy atom. The summed E-state index contributed by atoms with van der Waals surface area (Å²) in [5.41, 5.74) is 5.90. The first-order valence-electron chi connectivity index (χ1n) is 13.9. The van der Waals surface area contributed by atoms with Crippen molar-refractivity contribution in [1.82, 2.24) is 19.8 Å². The summed E-state index contributed by atoms with van der Waals surface area (Å²) in [7, 11) is 3.45. The van der Waals surface area contributed by atoms with Crippen molar-refractivity contribution in [2.24, 2.45) is 5.92 Å². The number of methoxy groups -OCH3 is 2. The molecule has 6 nitrogen and oxygen atoms in total. The standard InChI is InChI=1S/C33H40N4O2/c1-23(2)31(30-24(3)34-33(35-30)25-11-7-6-8-12-25)36-17-19-37(20-18-36)32(26-13-9-15-28(21-26)38-4)27-14-10-16-29(22-27)39-5/h6-16,21-23,31-32H,17-20H2,1-5H3,(H,34,35). The molecule has 0 bridgehead atoms. The van der Waals surface area contributed by atoms with Crippen LogP contribution in [0.2, 0.25) is 0 Å². The minimum absolute atomic E-state index is 0.117. The van der Waals surface area contributed by atoms with Gasteiger partial charge in [-0.3, -0.25) is 9.80 Å². The van der Waals surface area contributed by atoms with E-state index < -0.39 is 0 Å². The quantitative estimate of drug-likeness (QED) is 0.271. The minimum atomic E-state index is 0.117. The first kappa shape index (κ1) is 27.0. The van der Waals surface area contributed by atoms with Crippen LogP contribution in [0.25, 0.3) is 11.4 Å². The molecule has 0 aliphatic carbocycles. The monoisotopic (exact) mass is 524 g/mol. The normalized spacial score (nSPS) is 15.6. The fourth-order valence-electron chi connectivity index (χ4n) is 5.92. The maximum atomic E-state index is 5.58. The van der Waals surface area contributed by atoms with E-state index in [1.807, 2.05) is 18.2 Å². The van der Waals surface area contributed by atoms with Crippen LogP contribution in [0.1, 0.15) is 48.4 Å². The maximum absolute atomic E-state index is 5.58. The van der Waals surface area contributed by atoms with Crippen molar-refractivity contribution in [3.63, 3.8) is 0 Å². The Bertz CT molecular complexity index is 1310. The Kier molecular flexibility index (Phi) is 8.34. The van der Waals surface area contributed by atoms with Gasteiger partial charge in [-0.05, 0) is 48.2 Å². The number of H-pyrrole nitrogens is 1. The zero-order valence-corrected chi connectivity index (χ0v) is 23.7. The Labute approximate surface area is 232 Å². The lowest BCUT2D eigenvalue weighted by molar-refractivity contribution is 0.0598. The molecule has 1 atom stereocenters. The Hall–Kier alpha value is -3.61. The second-order valence-electron chi connectivity index (χ2n) is 10.7. The smallest absolute Gasteiger partial charge is 0.137 e. The van der Waals surface area contributed by atoms with E-state index in [0.29, 0.717) is 5.92 Å². The molecule has 1 aliphatic rings. The minimum Gasteiger partial charge on any atom is -0.497 e. The molecule has 0 amide bonds. The Balaban J connectivity index is 1.40. The van der Waals surface area contributed by atoms with Gasteiger partial charge in [0, 0.05) is 37.4 Å². The van der Waals surface area contributed by atoms with Crippen LogP contribution in [-0.4, -0.2) is 60.2 Å². The molecule has 0 spiro atoms. The number of benzene rings is 3. The predicted molar refractivity (Wildman–Crippen MR) is 157 cm³/mol. The number of nitrogens with zero attached hydrogens (tertiary/aromatic N) is 3. The molecule has 4 aromatic rings. The van der Waals surface area contributed by atoms with Crippen LogP contribution >= 0.6 is 0 Å². The lowest BCUT2D eigenvalue weighted by atomic mass is 9.94. The average Bonchev–Trinajstić information content (AvgIpc) is 3.35. The maximum Gasteiger partial charge on any atom is 0.137 e. The zero-order chi connectivity index (χ0) is 27.4. The molecule has 1 N–H and O–H groups in total. The van der Waals surface area contributed by atoms with Crippen molar-refractivity contribution in [2.75, 3.05) is 40.4 Å². The molecule has 3 aromatic carbocycles. The molecule has 1 saturated heterocycles. The van der Waals surface area contributed by atoms with Crippen LogP contribution in [-0.2, 0) is 0 Å². The molecule has 39 heavy (non-hydrogen) atoms. The molecule has 5 rings (SSSR count). The zero-order valence-electron chi connectivity index (χ0n) is 23.7. The average molecular weight is 525 g/mol. The molecule has 0 radical (unpaired) electrons. The highest BCUT2D eigenvalue weighted by atomic mass is 16.5. The second kappa shape index (κ2) is 12.1. The van der Waals surface area contributed by atoms with E-state index in [4.69, 9.17) is 14.5 Å². The first-order chi connectivity index (χ1) is 19.0. The third-order valence-corrected chi connectivity index (χ3v) is 7.81. The molecule has 204 valence electrons. The summed E-state index contributed by atoms with van der Waals surface area (Å²) in [6, 6.07) is 27.7. The fourth-order valence-corrected chi connectivity index (χ4v) is 5.92. The molecular formula is C33H40N4O2. The number of imidazole rings is 1. The molecule has 2 heterocycles. The Morgan fingerprint density at radius 2 is 1.31 bits per heavy atom. The van der Waals surface area contributed by atoms with Crippen molar-refractivity contribution in [1.29, 1.82) is 0 Å². The number of aromatic amines is 1. The lowest BCUT2D eigenvalue weighted by Gasteiger charge is -2.43. The van der Waals surface area contributed by atoms with Crippen molar-refractivity contribution < 1.29 is 9.47 Å². The van der Waals surface area contributed by atoms with Crippen LogP contribution in [0, 0.1) is 12.8 Å². The van der Waals surface area contributed by atoms with Gasteiger partial charge in [0.15, 0.2) is 0 Å². The number of ether oxygens (including phenoxy) is 2. The number of piperazine rings is 1. The van der Waals surface area contributed by atoms with Gasteiger partial charge >= 0.3 is 0 Å². The van der Waals surface area contributed by atoms with Crippen molar-refractivity contribution >= 4 is 0 Å². The fraction of sp³-hybridized carbons (Fsp3) is 0.364. The highest BCUT2D eigenvalue weighted by Crippen LogP contribution is 2.36. The molecule has 0 saturated carbocycles. The summed E-state index contributed by atoms with van der Waals surface area (Å²) in [5.74, 6) is 3.14. The van der Waals surface area contributed by atoms with Gasteiger partial charge < -0.3 is 14.5 Å². The summed E-state index contributed by atoms with van der Waals surface area (Å²) >= 11 is 0. The third kappa shape index (κ3) is 5.87. The summed E-state index contributed by atoms with van der Waals surface area (Å²) < 4.78 is 11.2. The van der Waals surface area contributed by atoms with Crippen LogP contribution in [0.3, 0.4) is 0 Å². The molecule has 1 unspecified atom stereocenters.